The molecule has 0 spiro atoms. The Morgan fingerprint density at radius 3 is 2.72 bits per heavy atom. The van der Waals surface area contributed by atoms with Crippen molar-refractivity contribution in [3.8, 4) is 11.5 Å². The van der Waals surface area contributed by atoms with Crippen LogP contribution in [0.4, 0.5) is 5.82 Å². The van der Waals surface area contributed by atoms with Crippen LogP contribution in [0.15, 0.2) is 54.8 Å². The summed E-state index contributed by atoms with van der Waals surface area (Å²) in [6.07, 6.45) is 3.99. The van der Waals surface area contributed by atoms with E-state index < -0.39 is 30.4 Å². The quantitative estimate of drug-likeness (QED) is 0.231. The Labute approximate surface area is 210 Å². The molecular formula is C27H34N2O7. The molecule has 0 aliphatic carbocycles. The highest BCUT2D eigenvalue weighted by Gasteiger charge is 2.25. The predicted octanol–water partition coefficient (Wildman–Crippen LogP) is 2.91. The lowest BCUT2D eigenvalue weighted by Crippen LogP contribution is -2.36. The largest absolute Gasteiger partial charge is 0.507 e. The Morgan fingerprint density at radius 1 is 1.17 bits per heavy atom. The molecule has 5 N–H and O–H groups in total. The van der Waals surface area contributed by atoms with Gasteiger partial charge in [0.1, 0.15) is 41.2 Å². The first kappa shape index (κ1) is 27.2. The number of hydrogen-bond acceptors (Lipinski definition) is 9. The highest BCUT2D eigenvalue weighted by molar-refractivity contribution is 5.97. The van der Waals surface area contributed by atoms with Crippen molar-refractivity contribution in [2.45, 2.75) is 51.1 Å². The number of aliphatic hydroxyl groups excluding tert-OH is 3. The van der Waals surface area contributed by atoms with Gasteiger partial charge in [-0.25, -0.2) is 9.78 Å². The summed E-state index contributed by atoms with van der Waals surface area (Å²) in [5, 5.41) is 44.5. The van der Waals surface area contributed by atoms with E-state index in [1.54, 1.807) is 44.3 Å². The highest BCUT2D eigenvalue weighted by Crippen LogP contribution is 2.31. The van der Waals surface area contributed by atoms with Gasteiger partial charge in [-0.1, -0.05) is 37.3 Å². The molecule has 0 saturated heterocycles. The smallest absolute Gasteiger partial charge is 0.342 e. The van der Waals surface area contributed by atoms with Gasteiger partial charge in [0.2, 0.25) is 0 Å². The first-order chi connectivity index (χ1) is 17.3. The second-order valence-corrected chi connectivity index (χ2v) is 8.79. The Hall–Kier alpha value is -3.40. The van der Waals surface area contributed by atoms with Crippen LogP contribution in [0.5, 0.6) is 11.5 Å². The number of hydrogen-bond donors (Lipinski definition) is 5. The lowest BCUT2D eigenvalue weighted by molar-refractivity contribution is -0.0395. The van der Waals surface area contributed by atoms with Crippen LogP contribution in [-0.2, 0) is 4.74 Å². The van der Waals surface area contributed by atoms with Gasteiger partial charge in [-0.2, -0.15) is 0 Å². The lowest BCUT2D eigenvalue weighted by Gasteiger charge is -2.22. The third-order valence-corrected chi connectivity index (χ3v) is 5.95. The summed E-state index contributed by atoms with van der Waals surface area (Å²) in [6, 6.07) is 8.57. The standard InChI is InChI=1S/C27H34N2O7/c1-17-10-11-22(31)26(33)21(30)8-5-7-19-15-20(16-23(32)25(19)27(34)36-18(17)2)35-14-6-13-29-24-9-3-4-12-28-24/h3-5,7,9-12,15-18,21-22,26,30-33H,6,8,13-14H2,1-2H3,(H,28,29)/b7-5+,11-10-/t17-,18?,21+,22?,26+/m1/s1. The highest BCUT2D eigenvalue weighted by atomic mass is 16.5. The molecule has 0 bridgehead atoms. The second-order valence-electron chi connectivity index (χ2n) is 8.79. The molecule has 0 saturated carbocycles. The number of aromatic nitrogens is 1. The topological polar surface area (TPSA) is 141 Å². The number of carbonyl (C=O) groups is 1. The van der Waals surface area contributed by atoms with E-state index in [-0.39, 0.29) is 23.7 Å². The fourth-order valence-corrected chi connectivity index (χ4v) is 3.60. The maximum absolute atomic E-state index is 12.9. The maximum Gasteiger partial charge on any atom is 0.342 e. The van der Waals surface area contributed by atoms with Gasteiger partial charge in [0.25, 0.3) is 0 Å². The molecule has 36 heavy (non-hydrogen) atoms. The van der Waals surface area contributed by atoms with E-state index in [0.29, 0.717) is 30.9 Å². The molecule has 5 atom stereocenters. The first-order valence-corrected chi connectivity index (χ1v) is 12.0. The number of anilines is 1. The van der Waals surface area contributed by atoms with Crippen LogP contribution in [0.25, 0.3) is 6.08 Å². The average Bonchev–Trinajstić information content (AvgIpc) is 2.86. The Morgan fingerprint density at radius 2 is 1.97 bits per heavy atom. The van der Waals surface area contributed by atoms with Gasteiger partial charge in [-0.05, 0) is 43.5 Å². The van der Waals surface area contributed by atoms with Crippen molar-refractivity contribution in [3.05, 3.63) is 65.9 Å². The molecule has 2 heterocycles. The molecule has 0 radical (unpaired) electrons. The van der Waals surface area contributed by atoms with Crippen LogP contribution in [0.1, 0.15) is 42.6 Å². The number of nitrogens with zero attached hydrogens (tertiary/aromatic N) is 1. The van der Waals surface area contributed by atoms with Gasteiger partial charge >= 0.3 is 5.97 Å². The molecule has 1 aliphatic heterocycles. The Bertz CT molecular complexity index is 1060. The van der Waals surface area contributed by atoms with Crippen LogP contribution < -0.4 is 10.1 Å². The van der Waals surface area contributed by atoms with E-state index in [9.17, 15) is 25.2 Å². The minimum absolute atomic E-state index is 0.0115. The number of phenolic OH excluding ortho intramolecular Hbond substituents is 1. The number of esters is 1. The van der Waals surface area contributed by atoms with Gasteiger partial charge in [-0.3, -0.25) is 0 Å². The van der Waals surface area contributed by atoms with Crippen molar-refractivity contribution in [3.63, 3.8) is 0 Å². The number of ether oxygens (including phenoxy) is 2. The van der Waals surface area contributed by atoms with Crippen LogP contribution in [0.3, 0.4) is 0 Å². The molecule has 1 aromatic heterocycles. The van der Waals surface area contributed by atoms with Gasteiger partial charge in [0.05, 0.1) is 12.7 Å². The SMILES string of the molecule is CC1OC(=O)c2c(O)cc(OCCCNc3ccccn3)cc2/C=C/C[C@H](O)[C@H](O)C(O)/C=C\[C@H]1C. The van der Waals surface area contributed by atoms with Crippen LogP contribution in [-0.4, -0.2) is 68.9 Å². The summed E-state index contributed by atoms with van der Waals surface area (Å²) >= 11 is 0. The van der Waals surface area contributed by atoms with E-state index >= 15 is 0 Å². The molecule has 9 heteroatoms. The van der Waals surface area contributed by atoms with Crippen LogP contribution in [0, 0.1) is 5.92 Å². The molecule has 0 amide bonds. The first-order valence-electron chi connectivity index (χ1n) is 12.0. The normalized spacial score (nSPS) is 26.7. The number of aromatic hydroxyl groups is 1. The number of cyclic esters (lactones) is 1. The Kier molecular flexibility index (Phi) is 9.86. The van der Waals surface area contributed by atoms with E-state index in [4.69, 9.17) is 9.47 Å². The lowest BCUT2D eigenvalue weighted by atomic mass is 9.99. The molecule has 3 rings (SSSR count). The minimum atomic E-state index is -1.39. The van der Waals surface area contributed by atoms with Crippen LogP contribution in [0.2, 0.25) is 0 Å². The van der Waals surface area contributed by atoms with Gasteiger partial charge in [0.15, 0.2) is 0 Å². The fourth-order valence-electron chi connectivity index (χ4n) is 3.60. The number of benzene rings is 1. The second kappa shape index (κ2) is 13.1. The number of aliphatic hydroxyl groups is 3. The molecule has 2 unspecified atom stereocenters. The average molecular weight is 499 g/mol. The zero-order valence-corrected chi connectivity index (χ0v) is 20.4. The molecule has 1 aliphatic rings. The summed E-state index contributed by atoms with van der Waals surface area (Å²) in [5.41, 5.74) is 0.321. The van der Waals surface area contributed by atoms with E-state index in [0.717, 1.165) is 5.82 Å². The minimum Gasteiger partial charge on any atom is -0.507 e. The van der Waals surface area contributed by atoms with Crippen molar-refractivity contribution in [2.75, 3.05) is 18.5 Å². The zero-order chi connectivity index (χ0) is 26.1. The number of pyridine rings is 1. The summed E-state index contributed by atoms with van der Waals surface area (Å²) in [4.78, 5) is 17.1. The Balaban J connectivity index is 1.76. The molecular weight excluding hydrogens is 464 g/mol. The monoisotopic (exact) mass is 498 g/mol. The number of rotatable bonds is 6. The van der Waals surface area contributed by atoms with E-state index in [1.165, 1.54) is 12.1 Å². The van der Waals surface area contributed by atoms with Gasteiger partial charge < -0.3 is 35.2 Å². The summed E-state index contributed by atoms with van der Waals surface area (Å²) in [7, 11) is 0. The molecule has 2 aromatic rings. The predicted molar refractivity (Wildman–Crippen MR) is 136 cm³/mol. The number of phenols is 1. The summed E-state index contributed by atoms with van der Waals surface area (Å²) < 4.78 is 11.3. The van der Waals surface area contributed by atoms with Crippen LogP contribution >= 0.6 is 0 Å². The van der Waals surface area contributed by atoms with Crippen molar-refractivity contribution in [1.82, 2.24) is 4.98 Å². The van der Waals surface area contributed by atoms with Crippen molar-refractivity contribution < 1.29 is 34.7 Å². The number of fused-ring (bicyclic) bond motifs is 1. The third kappa shape index (κ3) is 7.55. The third-order valence-electron chi connectivity index (χ3n) is 5.95. The molecule has 9 nitrogen and oxygen atoms in total. The zero-order valence-electron chi connectivity index (χ0n) is 20.4. The van der Waals surface area contributed by atoms with Crippen molar-refractivity contribution in [1.29, 1.82) is 0 Å². The number of carbonyl (C=O) groups excluding carboxylic acids is 1. The molecule has 194 valence electrons. The summed E-state index contributed by atoms with van der Waals surface area (Å²) in [6.45, 7) is 4.47. The maximum atomic E-state index is 12.9. The fraction of sp³-hybridized carbons (Fsp3) is 0.407. The van der Waals surface area contributed by atoms with Crippen molar-refractivity contribution >= 4 is 17.9 Å². The summed E-state index contributed by atoms with van der Waals surface area (Å²) in [5.74, 6) is -0.155. The van der Waals surface area contributed by atoms with Gasteiger partial charge in [-0.15, -0.1) is 0 Å². The molecule has 1 aromatic carbocycles. The van der Waals surface area contributed by atoms with E-state index in [1.807, 2.05) is 18.2 Å². The molecule has 0 fully saturated rings. The number of nitrogens with one attached hydrogen (secondary N) is 1. The van der Waals surface area contributed by atoms with Gasteiger partial charge in [0, 0.05) is 24.7 Å². The van der Waals surface area contributed by atoms with Crippen molar-refractivity contribution in [2.24, 2.45) is 5.92 Å². The van der Waals surface area contributed by atoms with E-state index in [2.05, 4.69) is 10.3 Å².